The highest BCUT2D eigenvalue weighted by Crippen LogP contribution is 2.48. The molecule has 2 aliphatic carbocycles. The fourth-order valence-electron chi connectivity index (χ4n) is 3.56. The van der Waals surface area contributed by atoms with Crippen molar-refractivity contribution >= 4 is 5.91 Å². The molecule has 3 nitrogen and oxygen atoms in total. The van der Waals surface area contributed by atoms with Crippen LogP contribution in [-0.4, -0.2) is 25.0 Å². The average Bonchev–Trinajstić information content (AvgIpc) is 3.30. The molecular weight excluding hydrogens is 236 g/mol. The highest BCUT2D eigenvalue weighted by molar-refractivity contribution is 5.75. The van der Waals surface area contributed by atoms with Crippen molar-refractivity contribution in [1.82, 2.24) is 10.6 Å². The summed E-state index contributed by atoms with van der Waals surface area (Å²) in [5.41, 5.74) is 0. The van der Waals surface area contributed by atoms with Crippen LogP contribution in [0.1, 0.15) is 57.8 Å². The normalized spacial score (nSPS) is 27.5. The van der Waals surface area contributed by atoms with Gasteiger partial charge in [0.15, 0.2) is 0 Å². The van der Waals surface area contributed by atoms with Gasteiger partial charge in [-0.15, -0.1) is 0 Å². The van der Waals surface area contributed by atoms with Crippen molar-refractivity contribution in [1.29, 1.82) is 0 Å². The van der Waals surface area contributed by atoms with Gasteiger partial charge in [0, 0.05) is 19.0 Å². The van der Waals surface area contributed by atoms with Gasteiger partial charge in [-0.25, -0.2) is 0 Å². The zero-order chi connectivity index (χ0) is 13.1. The minimum Gasteiger partial charge on any atom is -0.356 e. The maximum absolute atomic E-state index is 11.9. The van der Waals surface area contributed by atoms with Gasteiger partial charge in [-0.1, -0.05) is 6.42 Å². The maximum Gasteiger partial charge on any atom is 0.220 e. The molecule has 0 aromatic carbocycles. The molecule has 1 heterocycles. The summed E-state index contributed by atoms with van der Waals surface area (Å²) in [5, 5.41) is 6.71. The van der Waals surface area contributed by atoms with Crippen LogP contribution in [0.25, 0.3) is 0 Å². The molecule has 2 saturated carbocycles. The Labute approximate surface area is 116 Å². The number of hydrogen-bond donors (Lipinski definition) is 2. The topological polar surface area (TPSA) is 41.1 Å². The van der Waals surface area contributed by atoms with Crippen molar-refractivity contribution in [2.45, 2.75) is 63.8 Å². The minimum atomic E-state index is 0.277. The molecule has 1 saturated heterocycles. The Morgan fingerprint density at radius 3 is 2.42 bits per heavy atom. The van der Waals surface area contributed by atoms with Crippen LogP contribution in [0, 0.1) is 17.8 Å². The first-order valence-electron chi connectivity index (χ1n) is 8.33. The summed E-state index contributed by atoms with van der Waals surface area (Å²) >= 11 is 0. The fraction of sp³-hybridized carbons (Fsp3) is 0.938. The fourth-order valence-corrected chi connectivity index (χ4v) is 3.56. The van der Waals surface area contributed by atoms with E-state index in [0.29, 0.717) is 12.5 Å². The first-order chi connectivity index (χ1) is 9.33. The van der Waals surface area contributed by atoms with E-state index in [1.54, 1.807) is 0 Å². The number of hydrogen-bond acceptors (Lipinski definition) is 2. The van der Waals surface area contributed by atoms with Gasteiger partial charge in [0.05, 0.1) is 0 Å². The summed E-state index contributed by atoms with van der Waals surface area (Å²) < 4.78 is 0. The molecule has 1 atom stereocenters. The van der Waals surface area contributed by atoms with E-state index < -0.39 is 0 Å². The van der Waals surface area contributed by atoms with Gasteiger partial charge in [-0.05, 0) is 69.2 Å². The van der Waals surface area contributed by atoms with Crippen molar-refractivity contribution in [2.75, 3.05) is 13.1 Å². The third kappa shape index (κ3) is 4.20. The molecule has 0 spiro atoms. The summed E-state index contributed by atoms with van der Waals surface area (Å²) in [6, 6.07) is 0.585. The number of rotatable bonds is 7. The van der Waals surface area contributed by atoms with E-state index in [4.69, 9.17) is 0 Å². The predicted octanol–water partition coefficient (Wildman–Crippen LogP) is 2.46. The SMILES string of the molecule is O=C(CCC1CCCCN1)NCC(C1CC1)C1CC1. The van der Waals surface area contributed by atoms with Crippen molar-refractivity contribution in [3.63, 3.8) is 0 Å². The molecule has 2 N–H and O–H groups in total. The first-order valence-corrected chi connectivity index (χ1v) is 8.33. The molecule has 1 unspecified atom stereocenters. The van der Waals surface area contributed by atoms with Crippen LogP contribution in [0.2, 0.25) is 0 Å². The lowest BCUT2D eigenvalue weighted by molar-refractivity contribution is -0.121. The first kappa shape index (κ1) is 13.4. The van der Waals surface area contributed by atoms with E-state index in [2.05, 4.69) is 10.6 Å². The molecule has 3 aliphatic rings. The Hall–Kier alpha value is -0.570. The zero-order valence-corrected chi connectivity index (χ0v) is 12.0. The lowest BCUT2D eigenvalue weighted by Gasteiger charge is -2.23. The summed E-state index contributed by atoms with van der Waals surface area (Å²) in [6.07, 6.45) is 11.2. The Balaban J connectivity index is 1.31. The summed E-state index contributed by atoms with van der Waals surface area (Å²) in [5.74, 6) is 2.95. The highest BCUT2D eigenvalue weighted by Gasteiger charge is 2.41. The second kappa shape index (κ2) is 6.25. The molecule has 1 aliphatic heterocycles. The predicted molar refractivity (Wildman–Crippen MR) is 76.8 cm³/mol. The van der Waals surface area contributed by atoms with Crippen LogP contribution in [-0.2, 0) is 4.79 Å². The summed E-state index contributed by atoms with van der Waals surface area (Å²) in [6.45, 7) is 2.09. The van der Waals surface area contributed by atoms with E-state index in [1.165, 1.54) is 44.9 Å². The van der Waals surface area contributed by atoms with Gasteiger partial charge in [0.25, 0.3) is 0 Å². The second-order valence-electron chi connectivity index (χ2n) is 6.83. The van der Waals surface area contributed by atoms with Crippen molar-refractivity contribution in [2.24, 2.45) is 17.8 Å². The number of piperidine rings is 1. The van der Waals surface area contributed by atoms with Gasteiger partial charge in [0.2, 0.25) is 5.91 Å². The summed E-state index contributed by atoms with van der Waals surface area (Å²) in [4.78, 5) is 11.9. The van der Waals surface area contributed by atoms with Gasteiger partial charge in [-0.2, -0.15) is 0 Å². The minimum absolute atomic E-state index is 0.277. The highest BCUT2D eigenvalue weighted by atomic mass is 16.1. The van der Waals surface area contributed by atoms with E-state index >= 15 is 0 Å². The lowest BCUT2D eigenvalue weighted by Crippen LogP contribution is -2.36. The van der Waals surface area contributed by atoms with E-state index in [9.17, 15) is 4.79 Å². The zero-order valence-electron chi connectivity index (χ0n) is 12.0. The third-order valence-corrected chi connectivity index (χ3v) is 5.12. The average molecular weight is 264 g/mol. The van der Waals surface area contributed by atoms with Crippen LogP contribution in [0.4, 0.5) is 0 Å². The Kier molecular flexibility index (Phi) is 4.42. The maximum atomic E-state index is 11.9. The van der Waals surface area contributed by atoms with Gasteiger partial charge in [0.1, 0.15) is 0 Å². The van der Waals surface area contributed by atoms with Crippen LogP contribution in [0.5, 0.6) is 0 Å². The van der Waals surface area contributed by atoms with Gasteiger partial charge < -0.3 is 10.6 Å². The molecule has 3 fully saturated rings. The molecule has 0 aromatic rings. The second-order valence-corrected chi connectivity index (χ2v) is 6.83. The Morgan fingerprint density at radius 2 is 1.84 bits per heavy atom. The molecule has 3 heteroatoms. The molecule has 1 amide bonds. The van der Waals surface area contributed by atoms with Crippen LogP contribution in [0.15, 0.2) is 0 Å². The number of carbonyl (C=O) groups excluding carboxylic acids is 1. The van der Waals surface area contributed by atoms with E-state index in [1.807, 2.05) is 0 Å². The molecule has 0 radical (unpaired) electrons. The number of nitrogens with one attached hydrogen (secondary N) is 2. The van der Waals surface area contributed by atoms with Crippen LogP contribution < -0.4 is 10.6 Å². The van der Waals surface area contributed by atoms with Gasteiger partial charge in [-0.3, -0.25) is 4.79 Å². The van der Waals surface area contributed by atoms with E-state index in [-0.39, 0.29) is 5.91 Å². The monoisotopic (exact) mass is 264 g/mol. The standard InChI is InChI=1S/C16H28N2O/c19-16(9-8-14-3-1-2-10-17-14)18-11-15(12-4-5-12)13-6-7-13/h12-15,17H,1-11H2,(H,18,19). The number of carbonyl (C=O) groups is 1. The van der Waals surface area contributed by atoms with Gasteiger partial charge >= 0.3 is 0 Å². The quantitative estimate of drug-likeness (QED) is 0.741. The molecule has 3 rings (SSSR count). The molecule has 0 bridgehead atoms. The van der Waals surface area contributed by atoms with Crippen molar-refractivity contribution in [3.05, 3.63) is 0 Å². The number of amides is 1. The van der Waals surface area contributed by atoms with Crippen molar-refractivity contribution in [3.8, 4) is 0 Å². The summed E-state index contributed by atoms with van der Waals surface area (Å²) in [7, 11) is 0. The lowest BCUT2D eigenvalue weighted by atomic mass is 9.97. The van der Waals surface area contributed by atoms with Crippen molar-refractivity contribution < 1.29 is 4.79 Å². The molecule has 0 aromatic heterocycles. The smallest absolute Gasteiger partial charge is 0.220 e. The molecule has 108 valence electrons. The third-order valence-electron chi connectivity index (χ3n) is 5.12. The largest absolute Gasteiger partial charge is 0.356 e. The van der Waals surface area contributed by atoms with Crippen LogP contribution >= 0.6 is 0 Å². The van der Waals surface area contributed by atoms with Crippen LogP contribution in [0.3, 0.4) is 0 Å². The van der Waals surface area contributed by atoms with E-state index in [0.717, 1.165) is 37.3 Å². The molecule has 19 heavy (non-hydrogen) atoms. The Bertz CT molecular complexity index is 292. The molecular formula is C16H28N2O. The Morgan fingerprint density at radius 1 is 1.11 bits per heavy atom.